The number of carbonyl (C=O) groups is 3. The van der Waals surface area contributed by atoms with Crippen molar-refractivity contribution >= 4 is 23.8 Å². The molecule has 1 atom stereocenters. The average Bonchev–Trinajstić information content (AvgIpc) is 2.78. The first-order valence-electron chi connectivity index (χ1n) is 10.7. The summed E-state index contributed by atoms with van der Waals surface area (Å²) in [7, 11) is 0. The van der Waals surface area contributed by atoms with E-state index in [1.807, 2.05) is 53.1 Å². The highest BCUT2D eigenvalue weighted by atomic mass is 16.2. The van der Waals surface area contributed by atoms with Crippen molar-refractivity contribution in [2.45, 2.75) is 32.6 Å². The van der Waals surface area contributed by atoms with Crippen LogP contribution in [0.1, 0.15) is 38.2 Å². The van der Waals surface area contributed by atoms with Crippen molar-refractivity contribution in [1.82, 2.24) is 15.1 Å². The Bertz CT molecular complexity index is 739. The number of likely N-dealkylation sites (tertiary alicyclic amines) is 2. The second-order valence-electron chi connectivity index (χ2n) is 7.86. The Kier molecular flexibility index (Phi) is 7.44. The fourth-order valence-corrected chi connectivity index (χ4v) is 4.15. The fraction of sp³-hybridized carbons (Fsp3) is 0.522. The molecular weight excluding hydrogens is 366 g/mol. The molecule has 1 aromatic rings. The summed E-state index contributed by atoms with van der Waals surface area (Å²) in [5.41, 5.74) is 0.998. The van der Waals surface area contributed by atoms with Crippen molar-refractivity contribution in [2.24, 2.45) is 11.8 Å². The van der Waals surface area contributed by atoms with Crippen LogP contribution in [0.3, 0.4) is 0 Å². The van der Waals surface area contributed by atoms with Gasteiger partial charge in [-0.1, -0.05) is 30.3 Å². The minimum atomic E-state index is -0.0996. The largest absolute Gasteiger partial charge is 0.356 e. The van der Waals surface area contributed by atoms with Crippen LogP contribution in [0.15, 0.2) is 36.4 Å². The number of rotatable bonds is 5. The van der Waals surface area contributed by atoms with Crippen molar-refractivity contribution in [2.75, 3.05) is 32.7 Å². The molecule has 2 aliphatic heterocycles. The summed E-state index contributed by atoms with van der Waals surface area (Å²) in [6, 6.07) is 9.75. The predicted octanol–water partition coefficient (Wildman–Crippen LogP) is 2.31. The molecule has 156 valence electrons. The van der Waals surface area contributed by atoms with Crippen molar-refractivity contribution in [3.8, 4) is 0 Å². The Morgan fingerprint density at radius 1 is 1.00 bits per heavy atom. The molecule has 0 spiro atoms. The van der Waals surface area contributed by atoms with Crippen LogP contribution in [0.2, 0.25) is 0 Å². The summed E-state index contributed by atoms with van der Waals surface area (Å²) >= 11 is 0. The van der Waals surface area contributed by atoms with E-state index in [0.717, 1.165) is 24.9 Å². The molecule has 29 heavy (non-hydrogen) atoms. The van der Waals surface area contributed by atoms with Gasteiger partial charge in [-0.05, 0) is 44.2 Å². The minimum Gasteiger partial charge on any atom is -0.356 e. The lowest BCUT2D eigenvalue weighted by molar-refractivity contribution is -0.142. The van der Waals surface area contributed by atoms with Gasteiger partial charge < -0.3 is 15.1 Å². The van der Waals surface area contributed by atoms with Gasteiger partial charge in [0, 0.05) is 44.7 Å². The molecule has 0 bridgehead atoms. The molecule has 1 N–H and O–H groups in total. The number of hydrogen-bond acceptors (Lipinski definition) is 3. The maximum atomic E-state index is 12.9. The number of hydrogen-bond donors (Lipinski definition) is 1. The number of nitrogens with zero attached hydrogens (tertiary/aromatic N) is 2. The summed E-state index contributed by atoms with van der Waals surface area (Å²) in [6.07, 6.45) is 6.53. The van der Waals surface area contributed by atoms with Crippen molar-refractivity contribution in [1.29, 1.82) is 0 Å². The van der Waals surface area contributed by atoms with Gasteiger partial charge in [0.15, 0.2) is 0 Å². The van der Waals surface area contributed by atoms with E-state index < -0.39 is 0 Å². The molecule has 0 aliphatic carbocycles. The lowest BCUT2D eigenvalue weighted by Gasteiger charge is -2.37. The molecule has 6 nitrogen and oxygen atoms in total. The fourth-order valence-electron chi connectivity index (χ4n) is 4.15. The summed E-state index contributed by atoms with van der Waals surface area (Å²) in [4.78, 5) is 41.2. The van der Waals surface area contributed by atoms with Crippen LogP contribution in [-0.2, 0) is 14.4 Å². The smallest absolute Gasteiger partial charge is 0.246 e. The second-order valence-corrected chi connectivity index (χ2v) is 7.86. The van der Waals surface area contributed by atoms with E-state index in [4.69, 9.17) is 0 Å². The zero-order valence-corrected chi connectivity index (χ0v) is 17.2. The molecule has 0 aromatic heterocycles. The topological polar surface area (TPSA) is 69.7 Å². The van der Waals surface area contributed by atoms with Gasteiger partial charge in [0.1, 0.15) is 0 Å². The van der Waals surface area contributed by atoms with Gasteiger partial charge >= 0.3 is 0 Å². The van der Waals surface area contributed by atoms with E-state index in [1.54, 1.807) is 6.08 Å². The number of carbonyl (C=O) groups excluding carboxylic acids is 3. The number of benzene rings is 1. The molecule has 3 amide bonds. The zero-order chi connectivity index (χ0) is 20.6. The minimum absolute atomic E-state index is 0.00553. The summed E-state index contributed by atoms with van der Waals surface area (Å²) in [6.45, 7) is 4.98. The maximum Gasteiger partial charge on any atom is 0.246 e. The normalized spacial score (nSPS) is 20.7. The van der Waals surface area contributed by atoms with E-state index in [9.17, 15) is 14.4 Å². The van der Waals surface area contributed by atoms with Crippen LogP contribution < -0.4 is 5.32 Å². The molecule has 2 fully saturated rings. The van der Waals surface area contributed by atoms with Gasteiger partial charge in [-0.15, -0.1) is 0 Å². The Balaban J connectivity index is 1.48. The number of amides is 3. The quantitative estimate of drug-likeness (QED) is 0.775. The van der Waals surface area contributed by atoms with Gasteiger partial charge in [0.25, 0.3) is 0 Å². The second kappa shape index (κ2) is 10.2. The van der Waals surface area contributed by atoms with E-state index in [1.165, 1.54) is 0 Å². The Morgan fingerprint density at radius 2 is 1.72 bits per heavy atom. The lowest BCUT2D eigenvalue weighted by atomic mass is 9.92. The first kappa shape index (κ1) is 21.1. The first-order valence-corrected chi connectivity index (χ1v) is 10.7. The predicted molar refractivity (Wildman–Crippen MR) is 113 cm³/mol. The van der Waals surface area contributed by atoms with E-state index in [-0.39, 0.29) is 29.6 Å². The van der Waals surface area contributed by atoms with E-state index in [2.05, 4.69) is 5.32 Å². The molecule has 2 saturated heterocycles. The Morgan fingerprint density at radius 3 is 2.41 bits per heavy atom. The Hall–Kier alpha value is -2.63. The van der Waals surface area contributed by atoms with Gasteiger partial charge in [0.2, 0.25) is 17.7 Å². The first-order chi connectivity index (χ1) is 14.1. The molecule has 3 rings (SSSR count). The SMILES string of the molecule is CCNC(=O)C1CCCN(C(=O)C2CCN(C(=O)/C=C/c3ccccc3)CC2)C1. The monoisotopic (exact) mass is 397 g/mol. The lowest BCUT2D eigenvalue weighted by Crippen LogP contribution is -2.49. The number of piperidine rings is 2. The van der Waals surface area contributed by atoms with Gasteiger partial charge in [-0.3, -0.25) is 14.4 Å². The molecule has 0 radical (unpaired) electrons. The van der Waals surface area contributed by atoms with E-state index >= 15 is 0 Å². The van der Waals surface area contributed by atoms with E-state index in [0.29, 0.717) is 39.0 Å². The highest BCUT2D eigenvalue weighted by Crippen LogP contribution is 2.24. The highest BCUT2D eigenvalue weighted by molar-refractivity contribution is 5.92. The van der Waals surface area contributed by atoms with Crippen LogP contribution >= 0.6 is 0 Å². The van der Waals surface area contributed by atoms with Crippen molar-refractivity contribution in [3.05, 3.63) is 42.0 Å². The van der Waals surface area contributed by atoms with Crippen molar-refractivity contribution in [3.63, 3.8) is 0 Å². The number of nitrogens with one attached hydrogen (secondary N) is 1. The Labute approximate surface area is 172 Å². The van der Waals surface area contributed by atoms with Crippen LogP contribution in [-0.4, -0.2) is 60.2 Å². The van der Waals surface area contributed by atoms with Crippen LogP contribution in [0, 0.1) is 11.8 Å². The van der Waals surface area contributed by atoms with Gasteiger partial charge in [0.05, 0.1) is 5.92 Å². The average molecular weight is 398 g/mol. The third-order valence-corrected chi connectivity index (χ3v) is 5.83. The molecule has 2 heterocycles. The van der Waals surface area contributed by atoms with Gasteiger partial charge in [-0.25, -0.2) is 0 Å². The molecule has 6 heteroatoms. The maximum absolute atomic E-state index is 12.9. The standard InChI is InChI=1S/C23H31N3O3/c1-2-24-22(28)20-9-6-14-26(17-20)23(29)19-12-15-25(16-13-19)21(27)11-10-18-7-4-3-5-8-18/h3-5,7-8,10-11,19-20H,2,6,9,12-17H2,1H3,(H,24,28)/b11-10+. The van der Waals surface area contributed by atoms with Crippen LogP contribution in [0.5, 0.6) is 0 Å². The highest BCUT2D eigenvalue weighted by Gasteiger charge is 2.33. The third-order valence-electron chi connectivity index (χ3n) is 5.83. The summed E-state index contributed by atoms with van der Waals surface area (Å²) in [5, 5.41) is 2.87. The third kappa shape index (κ3) is 5.68. The zero-order valence-electron chi connectivity index (χ0n) is 17.2. The summed E-state index contributed by atoms with van der Waals surface area (Å²) < 4.78 is 0. The van der Waals surface area contributed by atoms with Crippen LogP contribution in [0.4, 0.5) is 0 Å². The molecule has 2 aliphatic rings. The molecule has 1 aromatic carbocycles. The summed E-state index contributed by atoms with van der Waals surface area (Å²) in [5.74, 6) is 0.0400. The molecular formula is C23H31N3O3. The molecule has 1 unspecified atom stereocenters. The van der Waals surface area contributed by atoms with Gasteiger partial charge in [-0.2, -0.15) is 0 Å². The molecule has 0 saturated carbocycles. The van der Waals surface area contributed by atoms with Crippen LogP contribution in [0.25, 0.3) is 6.08 Å². The van der Waals surface area contributed by atoms with Crippen molar-refractivity contribution < 1.29 is 14.4 Å².